The molecule has 0 amide bonds. The molecular weight excluding hydrogens is 246 g/mol. The van der Waals surface area contributed by atoms with Crippen LogP contribution in [0.5, 0.6) is 0 Å². The molecule has 2 heterocycles. The number of rotatable bonds is 3. The van der Waals surface area contributed by atoms with Gasteiger partial charge in [0.05, 0.1) is 0 Å². The average Bonchev–Trinajstić information content (AvgIpc) is 2.46. The minimum atomic E-state index is 0.435. The fourth-order valence-electron chi connectivity index (χ4n) is 3.47. The Morgan fingerprint density at radius 3 is 2.75 bits per heavy atom. The Morgan fingerprint density at radius 1 is 1.15 bits per heavy atom. The van der Waals surface area contributed by atoms with Gasteiger partial charge in [-0.2, -0.15) is 0 Å². The largest absolute Gasteiger partial charge is 0.370 e. The number of hydrogen-bond donors (Lipinski definition) is 1. The lowest BCUT2D eigenvalue weighted by atomic mass is 9.99. The summed E-state index contributed by atoms with van der Waals surface area (Å²) in [5, 5.41) is 0. The summed E-state index contributed by atoms with van der Waals surface area (Å²) >= 11 is 0. The van der Waals surface area contributed by atoms with Crippen molar-refractivity contribution in [3.8, 4) is 0 Å². The molecule has 3 rings (SSSR count). The second-order valence-electron chi connectivity index (χ2n) is 6.40. The highest BCUT2D eigenvalue weighted by Crippen LogP contribution is 2.27. The number of piperidine rings is 1. The summed E-state index contributed by atoms with van der Waals surface area (Å²) in [4.78, 5) is 5.15. The molecule has 1 aromatic carbocycles. The molecule has 1 aromatic rings. The highest BCUT2D eigenvalue weighted by Gasteiger charge is 2.19. The van der Waals surface area contributed by atoms with E-state index >= 15 is 0 Å². The van der Waals surface area contributed by atoms with E-state index in [1.165, 1.54) is 55.8 Å². The van der Waals surface area contributed by atoms with Crippen LogP contribution in [0.25, 0.3) is 0 Å². The monoisotopic (exact) mass is 273 g/mol. The van der Waals surface area contributed by atoms with Crippen LogP contribution in [0.3, 0.4) is 0 Å². The Bertz CT molecular complexity index is 450. The maximum absolute atomic E-state index is 5.98. The predicted octanol–water partition coefficient (Wildman–Crippen LogP) is 2.17. The Labute approximate surface area is 122 Å². The van der Waals surface area contributed by atoms with Crippen molar-refractivity contribution >= 4 is 5.69 Å². The summed E-state index contributed by atoms with van der Waals surface area (Å²) in [6.45, 7) is 8.09. The van der Waals surface area contributed by atoms with Gasteiger partial charge in [0.2, 0.25) is 0 Å². The van der Waals surface area contributed by atoms with Crippen LogP contribution in [0, 0.1) is 6.92 Å². The number of nitrogens with two attached hydrogens (primary N) is 1. The summed E-state index contributed by atoms with van der Waals surface area (Å²) in [6.07, 6.45) is 4.86. The van der Waals surface area contributed by atoms with E-state index in [0.29, 0.717) is 6.04 Å². The molecule has 0 bridgehead atoms. The van der Waals surface area contributed by atoms with E-state index in [9.17, 15) is 0 Å². The number of anilines is 1. The maximum atomic E-state index is 5.98. The first-order chi connectivity index (χ1) is 9.72. The second-order valence-corrected chi connectivity index (χ2v) is 6.40. The van der Waals surface area contributed by atoms with Gasteiger partial charge in [0.25, 0.3) is 0 Å². The van der Waals surface area contributed by atoms with Crippen LogP contribution >= 0.6 is 0 Å². The van der Waals surface area contributed by atoms with Crippen LogP contribution in [0.1, 0.15) is 30.4 Å². The third-order valence-corrected chi connectivity index (χ3v) is 4.77. The number of fused-ring (bicyclic) bond motifs is 1. The van der Waals surface area contributed by atoms with Crippen molar-refractivity contribution in [2.45, 2.75) is 38.6 Å². The molecule has 2 N–H and O–H groups in total. The SMILES string of the molecule is Cc1ccc2c(c1)CCCN2CCN1CCC(N)CC1. The molecule has 2 aliphatic rings. The van der Waals surface area contributed by atoms with Gasteiger partial charge in [-0.3, -0.25) is 0 Å². The van der Waals surface area contributed by atoms with Crippen molar-refractivity contribution in [3.05, 3.63) is 29.3 Å². The highest BCUT2D eigenvalue weighted by atomic mass is 15.2. The van der Waals surface area contributed by atoms with E-state index in [-0.39, 0.29) is 0 Å². The van der Waals surface area contributed by atoms with Gasteiger partial charge in [0, 0.05) is 31.4 Å². The molecule has 0 atom stereocenters. The molecule has 0 saturated carbocycles. The van der Waals surface area contributed by atoms with Crippen molar-refractivity contribution in [3.63, 3.8) is 0 Å². The van der Waals surface area contributed by atoms with E-state index in [2.05, 4.69) is 34.9 Å². The van der Waals surface area contributed by atoms with Crippen molar-refractivity contribution in [1.82, 2.24) is 4.90 Å². The van der Waals surface area contributed by atoms with Crippen LogP contribution in [0.15, 0.2) is 18.2 Å². The molecule has 3 nitrogen and oxygen atoms in total. The highest BCUT2D eigenvalue weighted by molar-refractivity contribution is 5.56. The molecular formula is C17H27N3. The molecule has 0 aromatic heterocycles. The minimum Gasteiger partial charge on any atom is -0.370 e. The standard InChI is InChI=1S/C17H27N3/c1-14-4-5-17-15(13-14)3-2-8-20(17)12-11-19-9-6-16(18)7-10-19/h4-5,13,16H,2-3,6-12,18H2,1H3. The first-order valence-corrected chi connectivity index (χ1v) is 8.05. The lowest BCUT2D eigenvalue weighted by molar-refractivity contribution is 0.217. The van der Waals surface area contributed by atoms with Crippen molar-refractivity contribution in [2.24, 2.45) is 5.73 Å². The first-order valence-electron chi connectivity index (χ1n) is 8.05. The lowest BCUT2D eigenvalue weighted by Crippen LogP contribution is -2.44. The topological polar surface area (TPSA) is 32.5 Å². The Balaban J connectivity index is 1.59. The third-order valence-electron chi connectivity index (χ3n) is 4.77. The van der Waals surface area contributed by atoms with E-state index in [1.54, 1.807) is 0 Å². The van der Waals surface area contributed by atoms with Crippen LogP contribution in [0.4, 0.5) is 5.69 Å². The van der Waals surface area contributed by atoms with Gasteiger partial charge >= 0.3 is 0 Å². The zero-order valence-electron chi connectivity index (χ0n) is 12.6. The van der Waals surface area contributed by atoms with Crippen molar-refractivity contribution in [2.75, 3.05) is 37.6 Å². The smallest absolute Gasteiger partial charge is 0.0399 e. The zero-order valence-corrected chi connectivity index (χ0v) is 12.6. The second kappa shape index (κ2) is 6.15. The number of aryl methyl sites for hydroxylation is 2. The van der Waals surface area contributed by atoms with E-state index in [0.717, 1.165) is 19.4 Å². The number of hydrogen-bond acceptors (Lipinski definition) is 3. The molecule has 1 fully saturated rings. The molecule has 0 aliphatic carbocycles. The fourth-order valence-corrected chi connectivity index (χ4v) is 3.47. The quantitative estimate of drug-likeness (QED) is 0.916. The van der Waals surface area contributed by atoms with Gasteiger partial charge in [0.1, 0.15) is 0 Å². The molecule has 0 spiro atoms. The normalized spacial score (nSPS) is 21.0. The first kappa shape index (κ1) is 13.9. The van der Waals surface area contributed by atoms with Gasteiger partial charge in [-0.1, -0.05) is 17.7 Å². The van der Waals surface area contributed by atoms with Gasteiger partial charge < -0.3 is 15.5 Å². The van der Waals surface area contributed by atoms with Gasteiger partial charge in [-0.15, -0.1) is 0 Å². The average molecular weight is 273 g/mol. The molecule has 3 heteroatoms. The number of likely N-dealkylation sites (tertiary alicyclic amines) is 1. The van der Waals surface area contributed by atoms with Crippen LogP contribution in [-0.4, -0.2) is 43.7 Å². The lowest BCUT2D eigenvalue weighted by Gasteiger charge is -2.35. The Kier molecular flexibility index (Phi) is 4.27. The van der Waals surface area contributed by atoms with Gasteiger partial charge in [-0.05, 0) is 57.3 Å². The molecule has 0 radical (unpaired) electrons. The van der Waals surface area contributed by atoms with E-state index in [4.69, 9.17) is 5.73 Å². The third kappa shape index (κ3) is 3.15. The molecule has 20 heavy (non-hydrogen) atoms. The summed E-state index contributed by atoms with van der Waals surface area (Å²) in [7, 11) is 0. The fraction of sp³-hybridized carbons (Fsp3) is 0.647. The summed E-state index contributed by atoms with van der Waals surface area (Å²) < 4.78 is 0. The Morgan fingerprint density at radius 2 is 1.95 bits per heavy atom. The van der Waals surface area contributed by atoms with Gasteiger partial charge in [-0.25, -0.2) is 0 Å². The maximum Gasteiger partial charge on any atom is 0.0399 e. The van der Waals surface area contributed by atoms with Crippen LogP contribution in [-0.2, 0) is 6.42 Å². The molecule has 0 unspecified atom stereocenters. The minimum absolute atomic E-state index is 0.435. The van der Waals surface area contributed by atoms with Crippen LogP contribution < -0.4 is 10.6 Å². The molecule has 110 valence electrons. The summed E-state index contributed by atoms with van der Waals surface area (Å²) in [5.74, 6) is 0. The van der Waals surface area contributed by atoms with Crippen LogP contribution in [0.2, 0.25) is 0 Å². The zero-order chi connectivity index (χ0) is 13.9. The van der Waals surface area contributed by atoms with E-state index < -0.39 is 0 Å². The molecule has 2 aliphatic heterocycles. The molecule has 1 saturated heterocycles. The predicted molar refractivity (Wildman–Crippen MR) is 85.4 cm³/mol. The van der Waals surface area contributed by atoms with Crippen molar-refractivity contribution in [1.29, 1.82) is 0 Å². The Hall–Kier alpha value is -1.06. The van der Waals surface area contributed by atoms with Gasteiger partial charge in [0.15, 0.2) is 0 Å². The summed E-state index contributed by atoms with van der Waals surface area (Å²) in [6, 6.07) is 7.36. The van der Waals surface area contributed by atoms with E-state index in [1.807, 2.05) is 0 Å². The summed E-state index contributed by atoms with van der Waals surface area (Å²) in [5.41, 5.74) is 10.4. The van der Waals surface area contributed by atoms with Crippen molar-refractivity contribution < 1.29 is 0 Å². The number of nitrogens with zero attached hydrogens (tertiary/aromatic N) is 2. The number of benzene rings is 1.